The Labute approximate surface area is 219 Å². The van der Waals surface area contributed by atoms with E-state index in [1.54, 1.807) is 9.36 Å². The smallest absolute Gasteiger partial charge is 0.241 e. The van der Waals surface area contributed by atoms with Gasteiger partial charge in [-0.15, -0.1) is 5.10 Å². The number of nitriles is 1. The first-order chi connectivity index (χ1) is 18.6. The first-order valence-corrected chi connectivity index (χ1v) is 12.9. The van der Waals surface area contributed by atoms with Crippen molar-refractivity contribution in [2.75, 3.05) is 19.8 Å². The maximum Gasteiger partial charge on any atom is 0.241 e. The predicted molar refractivity (Wildman–Crippen MR) is 141 cm³/mol. The molecule has 0 radical (unpaired) electrons. The third-order valence-electron chi connectivity index (χ3n) is 7.45. The monoisotopic (exact) mass is 514 g/mol. The standard InChI is InChI=1S/C27H30N8O3/c1-17-24-4-3-10-34(24)16-25-19(26(37-13-9-28)32-35(25)11-12-36)6-8-23-20-14-18(5-7-22(20)30-31-23)21-15-29-33(2)27(21)38-17/h5-8,14-15,17,24,36H,3-4,10-13,16H2,1-2H3,(H,30,31)/b8-6+/t17-,24-/m1/s1. The van der Waals surface area contributed by atoms with Crippen LogP contribution in [-0.2, 0) is 20.1 Å². The number of aryl methyl sites for hydroxylation is 1. The highest BCUT2D eigenvalue weighted by atomic mass is 16.5. The van der Waals surface area contributed by atoms with Gasteiger partial charge < -0.3 is 14.6 Å². The van der Waals surface area contributed by atoms with Crippen LogP contribution < -0.4 is 9.47 Å². The SMILES string of the molecule is C[C@H]1Oc2c(cnn2C)-c2ccc3n[nH]c(c3c2)/C=C/c2c(OCC#N)nn(CCO)c2CN2CCC[C@H]12. The number of hydrogen-bond donors (Lipinski definition) is 2. The molecule has 1 saturated heterocycles. The Kier molecular flexibility index (Phi) is 6.35. The average Bonchev–Trinajstić information content (AvgIpc) is 3.69. The Morgan fingerprint density at radius 3 is 3.05 bits per heavy atom. The Balaban J connectivity index is 1.54. The summed E-state index contributed by atoms with van der Waals surface area (Å²) in [5.74, 6) is 1.11. The van der Waals surface area contributed by atoms with Crippen molar-refractivity contribution in [2.24, 2.45) is 7.05 Å². The van der Waals surface area contributed by atoms with Crippen molar-refractivity contribution >= 4 is 23.1 Å². The molecular weight excluding hydrogens is 484 g/mol. The quantitative estimate of drug-likeness (QED) is 0.425. The lowest BCUT2D eigenvalue weighted by atomic mass is 10.0. The minimum absolute atomic E-state index is 0.0598. The Hall–Kier alpha value is -4.14. The summed E-state index contributed by atoms with van der Waals surface area (Å²) in [6, 6.07) is 8.33. The largest absolute Gasteiger partial charge is 0.473 e. The van der Waals surface area contributed by atoms with Gasteiger partial charge in [-0.05, 0) is 56.2 Å². The molecule has 11 heteroatoms. The minimum atomic E-state index is -0.115. The number of nitrogens with one attached hydrogen (secondary N) is 1. The van der Waals surface area contributed by atoms with Crippen LogP contribution in [0.2, 0.25) is 0 Å². The molecule has 196 valence electrons. The van der Waals surface area contributed by atoms with E-state index in [0.29, 0.717) is 19.0 Å². The number of aromatic nitrogens is 6. The molecule has 5 heterocycles. The fourth-order valence-corrected chi connectivity index (χ4v) is 5.59. The van der Waals surface area contributed by atoms with Crippen LogP contribution in [0.25, 0.3) is 34.2 Å². The van der Waals surface area contributed by atoms with E-state index in [4.69, 9.17) is 14.7 Å². The lowest BCUT2D eigenvalue weighted by molar-refractivity contribution is 0.0920. The number of aromatic amines is 1. The molecule has 2 bridgehead atoms. The van der Waals surface area contributed by atoms with Gasteiger partial charge >= 0.3 is 0 Å². The highest BCUT2D eigenvalue weighted by Gasteiger charge is 2.33. The second-order valence-corrected chi connectivity index (χ2v) is 9.75. The number of ether oxygens (including phenoxy) is 2. The van der Waals surface area contributed by atoms with Gasteiger partial charge in [-0.25, -0.2) is 4.68 Å². The summed E-state index contributed by atoms with van der Waals surface area (Å²) in [4.78, 5) is 2.41. The van der Waals surface area contributed by atoms with Gasteiger partial charge in [0.2, 0.25) is 11.8 Å². The molecule has 0 unspecified atom stereocenters. The van der Waals surface area contributed by atoms with Gasteiger partial charge in [0.25, 0.3) is 0 Å². The van der Waals surface area contributed by atoms with Crippen molar-refractivity contribution in [3.63, 3.8) is 0 Å². The molecule has 38 heavy (non-hydrogen) atoms. The Bertz CT molecular complexity index is 1540. The van der Waals surface area contributed by atoms with Gasteiger partial charge in [-0.1, -0.05) is 6.07 Å². The Morgan fingerprint density at radius 1 is 1.32 bits per heavy atom. The molecule has 4 aromatic rings. The average molecular weight is 515 g/mol. The summed E-state index contributed by atoms with van der Waals surface area (Å²) in [7, 11) is 1.90. The summed E-state index contributed by atoms with van der Waals surface area (Å²) in [5, 5.41) is 36.6. The van der Waals surface area contributed by atoms with Crippen LogP contribution in [0.1, 0.15) is 36.7 Å². The molecule has 3 aromatic heterocycles. The van der Waals surface area contributed by atoms with Gasteiger partial charge in [0.15, 0.2) is 6.61 Å². The van der Waals surface area contributed by atoms with Crippen molar-refractivity contribution in [1.29, 1.82) is 5.26 Å². The zero-order chi connectivity index (χ0) is 26.2. The van der Waals surface area contributed by atoms with Crippen LogP contribution in [-0.4, -0.2) is 71.7 Å². The van der Waals surface area contributed by atoms with Crippen molar-refractivity contribution < 1.29 is 14.6 Å². The number of hydrogen-bond acceptors (Lipinski definition) is 8. The van der Waals surface area contributed by atoms with Crippen LogP contribution in [0, 0.1) is 11.3 Å². The van der Waals surface area contributed by atoms with Crippen LogP contribution in [0.4, 0.5) is 0 Å². The van der Waals surface area contributed by atoms with Crippen LogP contribution >= 0.6 is 0 Å². The zero-order valence-electron chi connectivity index (χ0n) is 21.5. The van der Waals surface area contributed by atoms with E-state index in [1.165, 1.54) is 0 Å². The first-order valence-electron chi connectivity index (χ1n) is 12.9. The second-order valence-electron chi connectivity index (χ2n) is 9.75. The number of fused-ring (bicyclic) bond motifs is 5. The van der Waals surface area contributed by atoms with Crippen molar-refractivity contribution in [1.82, 2.24) is 34.7 Å². The molecule has 11 nitrogen and oxygen atoms in total. The summed E-state index contributed by atoms with van der Waals surface area (Å²) in [5.41, 5.74) is 5.32. The fraction of sp³-hybridized carbons (Fsp3) is 0.407. The zero-order valence-corrected chi connectivity index (χ0v) is 21.5. The van der Waals surface area contributed by atoms with E-state index in [1.807, 2.05) is 43.6 Å². The van der Waals surface area contributed by atoms with Gasteiger partial charge in [0.05, 0.1) is 47.4 Å². The maximum atomic E-state index is 9.77. The topological polar surface area (TPSA) is 130 Å². The lowest BCUT2D eigenvalue weighted by Gasteiger charge is -2.30. The highest BCUT2D eigenvalue weighted by molar-refractivity contribution is 5.93. The number of H-pyrrole nitrogens is 1. The number of benzene rings is 1. The number of nitrogens with zero attached hydrogens (tertiary/aromatic N) is 7. The van der Waals surface area contributed by atoms with Crippen molar-refractivity contribution in [3.8, 4) is 29.0 Å². The lowest BCUT2D eigenvalue weighted by Crippen LogP contribution is -2.41. The van der Waals surface area contributed by atoms with E-state index < -0.39 is 0 Å². The summed E-state index contributed by atoms with van der Waals surface area (Å²) in [6.45, 7) is 3.78. The molecule has 0 spiro atoms. The van der Waals surface area contributed by atoms with E-state index in [9.17, 15) is 5.11 Å². The molecule has 1 aromatic carbocycles. The first kappa shape index (κ1) is 24.2. The highest BCUT2D eigenvalue weighted by Crippen LogP contribution is 2.36. The molecule has 1 fully saturated rings. The number of aliphatic hydroxyl groups excluding tert-OH is 1. The van der Waals surface area contributed by atoms with Gasteiger partial charge in [0.1, 0.15) is 12.2 Å². The molecule has 2 atom stereocenters. The third-order valence-corrected chi connectivity index (χ3v) is 7.45. The molecule has 2 aliphatic rings. The summed E-state index contributed by atoms with van der Waals surface area (Å²) >= 11 is 0. The normalized spacial score (nSPS) is 20.2. The number of rotatable bonds is 4. The van der Waals surface area contributed by atoms with Crippen LogP contribution in [0.15, 0.2) is 24.4 Å². The molecule has 2 N–H and O–H groups in total. The van der Waals surface area contributed by atoms with Crippen LogP contribution in [0.3, 0.4) is 0 Å². The van der Waals surface area contributed by atoms with Crippen molar-refractivity contribution in [2.45, 2.75) is 45.0 Å². The van der Waals surface area contributed by atoms with E-state index in [2.05, 4.69) is 38.3 Å². The van der Waals surface area contributed by atoms with Gasteiger partial charge in [-0.3, -0.25) is 14.7 Å². The van der Waals surface area contributed by atoms with E-state index in [-0.39, 0.29) is 25.4 Å². The fourth-order valence-electron chi connectivity index (χ4n) is 5.59. The molecule has 0 amide bonds. The third kappa shape index (κ3) is 4.21. The van der Waals surface area contributed by atoms with Gasteiger partial charge in [0, 0.05) is 25.0 Å². The van der Waals surface area contributed by atoms with Crippen molar-refractivity contribution in [3.05, 3.63) is 41.3 Å². The number of aliphatic hydroxyl groups is 1. The Morgan fingerprint density at radius 2 is 2.21 bits per heavy atom. The summed E-state index contributed by atoms with van der Waals surface area (Å²) < 4.78 is 15.9. The molecule has 0 saturated carbocycles. The molecule has 0 aliphatic carbocycles. The second kappa shape index (κ2) is 9.96. The maximum absolute atomic E-state index is 9.77. The molecule has 2 aliphatic heterocycles. The van der Waals surface area contributed by atoms with E-state index in [0.717, 1.165) is 64.2 Å². The molecular formula is C27H30N8O3. The summed E-state index contributed by atoms with van der Waals surface area (Å²) in [6.07, 6.45) is 7.75. The molecule has 6 rings (SSSR count). The van der Waals surface area contributed by atoms with Gasteiger partial charge in [-0.2, -0.15) is 15.5 Å². The predicted octanol–water partition coefficient (Wildman–Crippen LogP) is 2.97. The minimum Gasteiger partial charge on any atom is -0.473 e. The van der Waals surface area contributed by atoms with Crippen LogP contribution in [0.5, 0.6) is 11.8 Å². The van der Waals surface area contributed by atoms with E-state index >= 15 is 0 Å².